The normalized spacial score (nSPS) is 10.2. The molecule has 4 heteroatoms. The van der Waals surface area contributed by atoms with E-state index in [-0.39, 0.29) is 12.5 Å². The lowest BCUT2D eigenvalue weighted by Crippen LogP contribution is -2.22. The summed E-state index contributed by atoms with van der Waals surface area (Å²) in [5.41, 5.74) is 5.09. The highest BCUT2D eigenvalue weighted by Gasteiger charge is 2.08. The third-order valence-corrected chi connectivity index (χ3v) is 3.46. The second-order valence-electron chi connectivity index (χ2n) is 5.41. The fourth-order valence-electron chi connectivity index (χ4n) is 2.48. The van der Waals surface area contributed by atoms with Crippen molar-refractivity contribution >= 4 is 17.3 Å². The summed E-state index contributed by atoms with van der Waals surface area (Å²) in [5, 5.41) is 6.07. The number of ether oxygens (including phenoxy) is 1. The number of methoxy groups -OCH3 is 1. The molecule has 0 unspecified atom stereocenters. The quantitative estimate of drug-likeness (QED) is 0.885. The standard InChI is InChI=1S/C18H22N2O2/c1-12-8-13(2)18(14(3)9-12)20-17(21)11-19-15-6-5-7-16(10-15)22-4/h5-10,19H,11H2,1-4H3,(H,20,21). The van der Waals surface area contributed by atoms with Crippen LogP contribution >= 0.6 is 0 Å². The molecule has 2 N–H and O–H groups in total. The van der Waals surface area contributed by atoms with E-state index in [1.54, 1.807) is 7.11 Å². The maximum atomic E-state index is 12.1. The van der Waals surface area contributed by atoms with Crippen molar-refractivity contribution in [2.45, 2.75) is 20.8 Å². The molecule has 0 aromatic heterocycles. The number of rotatable bonds is 5. The van der Waals surface area contributed by atoms with E-state index in [1.165, 1.54) is 5.56 Å². The van der Waals surface area contributed by atoms with Crippen molar-refractivity contribution in [2.24, 2.45) is 0 Å². The summed E-state index contributed by atoms with van der Waals surface area (Å²) >= 11 is 0. The summed E-state index contributed by atoms with van der Waals surface area (Å²) in [4.78, 5) is 12.1. The molecule has 0 aliphatic heterocycles. The van der Waals surface area contributed by atoms with Crippen molar-refractivity contribution in [3.8, 4) is 5.75 Å². The Labute approximate surface area is 131 Å². The SMILES string of the molecule is COc1cccc(NCC(=O)Nc2c(C)cc(C)cc2C)c1. The number of carbonyl (C=O) groups excluding carboxylic acids is 1. The van der Waals surface area contributed by atoms with Gasteiger partial charge in [-0.05, 0) is 44.0 Å². The Morgan fingerprint density at radius 2 is 1.77 bits per heavy atom. The fourth-order valence-corrected chi connectivity index (χ4v) is 2.48. The van der Waals surface area contributed by atoms with Crippen molar-refractivity contribution in [3.63, 3.8) is 0 Å². The van der Waals surface area contributed by atoms with Gasteiger partial charge < -0.3 is 15.4 Å². The zero-order valence-electron chi connectivity index (χ0n) is 13.5. The third kappa shape index (κ3) is 4.01. The number of amides is 1. The van der Waals surface area contributed by atoms with E-state index in [9.17, 15) is 4.79 Å². The van der Waals surface area contributed by atoms with Gasteiger partial charge in [0.05, 0.1) is 13.7 Å². The molecule has 2 aromatic rings. The van der Waals surface area contributed by atoms with Crippen LogP contribution in [0.2, 0.25) is 0 Å². The number of hydrogen-bond acceptors (Lipinski definition) is 3. The van der Waals surface area contributed by atoms with E-state index in [1.807, 2.05) is 38.1 Å². The molecule has 0 aliphatic rings. The predicted octanol–water partition coefficient (Wildman–Crippen LogP) is 3.67. The minimum absolute atomic E-state index is 0.0714. The minimum Gasteiger partial charge on any atom is -0.497 e. The van der Waals surface area contributed by atoms with Gasteiger partial charge in [0.15, 0.2) is 0 Å². The molecule has 1 amide bonds. The highest BCUT2D eigenvalue weighted by atomic mass is 16.5. The first kappa shape index (κ1) is 15.9. The van der Waals surface area contributed by atoms with E-state index >= 15 is 0 Å². The zero-order valence-corrected chi connectivity index (χ0v) is 13.5. The molecule has 116 valence electrons. The lowest BCUT2D eigenvalue weighted by atomic mass is 10.1. The van der Waals surface area contributed by atoms with Gasteiger partial charge >= 0.3 is 0 Å². The number of benzene rings is 2. The van der Waals surface area contributed by atoms with Crippen LogP contribution in [0.15, 0.2) is 36.4 Å². The van der Waals surface area contributed by atoms with E-state index in [2.05, 4.69) is 29.7 Å². The van der Waals surface area contributed by atoms with Crippen LogP contribution in [0, 0.1) is 20.8 Å². The molecule has 0 atom stereocenters. The lowest BCUT2D eigenvalue weighted by Gasteiger charge is -2.13. The van der Waals surface area contributed by atoms with Crippen molar-refractivity contribution in [2.75, 3.05) is 24.3 Å². The largest absolute Gasteiger partial charge is 0.497 e. The van der Waals surface area contributed by atoms with Crippen LogP contribution in [0.25, 0.3) is 0 Å². The molecule has 4 nitrogen and oxygen atoms in total. The number of aryl methyl sites for hydroxylation is 3. The summed E-state index contributed by atoms with van der Waals surface area (Å²) in [6, 6.07) is 11.6. The molecule has 0 radical (unpaired) electrons. The van der Waals surface area contributed by atoms with E-state index < -0.39 is 0 Å². The Hall–Kier alpha value is -2.49. The molecule has 0 saturated carbocycles. The fraction of sp³-hybridized carbons (Fsp3) is 0.278. The summed E-state index contributed by atoms with van der Waals surface area (Å²) in [6.45, 7) is 6.27. The topological polar surface area (TPSA) is 50.4 Å². The second kappa shape index (κ2) is 6.98. The van der Waals surface area contributed by atoms with Crippen molar-refractivity contribution in [1.29, 1.82) is 0 Å². The maximum absolute atomic E-state index is 12.1. The Morgan fingerprint density at radius 1 is 1.09 bits per heavy atom. The Kier molecular flexibility index (Phi) is 5.04. The first-order valence-electron chi connectivity index (χ1n) is 7.25. The average Bonchev–Trinajstić information content (AvgIpc) is 2.49. The predicted molar refractivity (Wildman–Crippen MR) is 90.8 cm³/mol. The van der Waals surface area contributed by atoms with Gasteiger partial charge in [-0.1, -0.05) is 23.8 Å². The van der Waals surface area contributed by atoms with Gasteiger partial charge in [0, 0.05) is 17.4 Å². The molecule has 0 heterocycles. The Balaban J connectivity index is 1.99. The van der Waals surface area contributed by atoms with Gasteiger partial charge in [0.2, 0.25) is 5.91 Å². The summed E-state index contributed by atoms with van der Waals surface area (Å²) in [5.74, 6) is 0.688. The van der Waals surface area contributed by atoms with Crippen LogP contribution in [-0.2, 0) is 4.79 Å². The van der Waals surface area contributed by atoms with Gasteiger partial charge in [-0.25, -0.2) is 0 Å². The van der Waals surface area contributed by atoms with E-state index in [0.717, 1.165) is 28.3 Å². The molecule has 2 aromatic carbocycles. The van der Waals surface area contributed by atoms with Gasteiger partial charge in [0.1, 0.15) is 5.75 Å². The molecule has 22 heavy (non-hydrogen) atoms. The Morgan fingerprint density at radius 3 is 2.41 bits per heavy atom. The van der Waals surface area contributed by atoms with Crippen LogP contribution in [0.4, 0.5) is 11.4 Å². The summed E-state index contributed by atoms with van der Waals surface area (Å²) in [7, 11) is 1.62. The molecule has 0 bridgehead atoms. The molecule has 2 rings (SSSR count). The molecule has 0 saturated heterocycles. The number of hydrogen-bond donors (Lipinski definition) is 2. The van der Waals surface area contributed by atoms with Crippen LogP contribution in [-0.4, -0.2) is 19.6 Å². The summed E-state index contributed by atoms with van der Waals surface area (Å²) in [6.07, 6.45) is 0. The molecule has 0 aliphatic carbocycles. The van der Waals surface area contributed by atoms with Gasteiger partial charge in [-0.2, -0.15) is 0 Å². The maximum Gasteiger partial charge on any atom is 0.243 e. The average molecular weight is 298 g/mol. The van der Waals surface area contributed by atoms with E-state index in [4.69, 9.17) is 4.74 Å². The first-order chi connectivity index (χ1) is 10.5. The van der Waals surface area contributed by atoms with Gasteiger partial charge in [-0.3, -0.25) is 4.79 Å². The van der Waals surface area contributed by atoms with Gasteiger partial charge in [0.25, 0.3) is 0 Å². The minimum atomic E-state index is -0.0714. The second-order valence-corrected chi connectivity index (χ2v) is 5.41. The highest BCUT2D eigenvalue weighted by molar-refractivity contribution is 5.95. The van der Waals surface area contributed by atoms with Crippen LogP contribution in [0.5, 0.6) is 5.75 Å². The Bertz CT molecular complexity index is 658. The first-order valence-corrected chi connectivity index (χ1v) is 7.25. The highest BCUT2D eigenvalue weighted by Crippen LogP contribution is 2.22. The lowest BCUT2D eigenvalue weighted by molar-refractivity contribution is -0.114. The van der Waals surface area contributed by atoms with Crippen LogP contribution in [0.3, 0.4) is 0 Å². The number of anilines is 2. The summed E-state index contributed by atoms with van der Waals surface area (Å²) < 4.78 is 5.16. The third-order valence-electron chi connectivity index (χ3n) is 3.46. The zero-order chi connectivity index (χ0) is 16.1. The molecule has 0 fully saturated rings. The number of nitrogens with one attached hydrogen (secondary N) is 2. The van der Waals surface area contributed by atoms with Crippen LogP contribution in [0.1, 0.15) is 16.7 Å². The van der Waals surface area contributed by atoms with Gasteiger partial charge in [-0.15, -0.1) is 0 Å². The van der Waals surface area contributed by atoms with Crippen molar-refractivity contribution < 1.29 is 9.53 Å². The van der Waals surface area contributed by atoms with Crippen molar-refractivity contribution in [3.05, 3.63) is 53.1 Å². The number of carbonyl (C=O) groups is 1. The van der Waals surface area contributed by atoms with Crippen LogP contribution < -0.4 is 15.4 Å². The van der Waals surface area contributed by atoms with E-state index in [0.29, 0.717) is 0 Å². The molecular formula is C18H22N2O2. The molecule has 0 spiro atoms. The molecular weight excluding hydrogens is 276 g/mol. The van der Waals surface area contributed by atoms with Crippen molar-refractivity contribution in [1.82, 2.24) is 0 Å². The smallest absolute Gasteiger partial charge is 0.243 e. The monoisotopic (exact) mass is 298 g/mol.